The molecule has 1 fully saturated rings. The average Bonchev–Trinajstić information content (AvgIpc) is 3.24. The largest absolute Gasteiger partial charge is 0.444 e. The van der Waals surface area contributed by atoms with E-state index in [0.717, 1.165) is 48.3 Å². The van der Waals surface area contributed by atoms with Crippen LogP contribution in [0.5, 0.6) is 0 Å². The zero-order valence-corrected chi connectivity index (χ0v) is 18.3. The number of guanidine groups is 1. The van der Waals surface area contributed by atoms with Crippen molar-refractivity contribution in [2.45, 2.75) is 39.3 Å². The Morgan fingerprint density at radius 2 is 1.97 bits per heavy atom. The Morgan fingerprint density at radius 1 is 1.12 bits per heavy atom. The summed E-state index contributed by atoms with van der Waals surface area (Å²) in [6.07, 6.45) is 4.79. The molecule has 1 aliphatic rings. The van der Waals surface area contributed by atoms with E-state index < -0.39 is 0 Å². The lowest BCUT2D eigenvalue weighted by atomic mass is 9.85. The SMILES string of the molecule is CCNC(=NCc1cccc(NC(=O)C2CCC2)c1)NCc1coc(-c2ccccc2)n1. The first-order chi connectivity index (χ1) is 15.7. The zero-order valence-electron chi connectivity index (χ0n) is 18.3. The summed E-state index contributed by atoms with van der Waals surface area (Å²) in [7, 11) is 0. The van der Waals surface area contributed by atoms with E-state index in [1.807, 2.05) is 61.5 Å². The fourth-order valence-electron chi connectivity index (χ4n) is 3.45. The summed E-state index contributed by atoms with van der Waals surface area (Å²) in [5.74, 6) is 1.58. The average molecular weight is 432 g/mol. The van der Waals surface area contributed by atoms with E-state index in [1.165, 1.54) is 0 Å². The number of nitrogens with one attached hydrogen (secondary N) is 3. The highest BCUT2D eigenvalue weighted by Gasteiger charge is 2.25. The van der Waals surface area contributed by atoms with E-state index in [-0.39, 0.29) is 11.8 Å². The van der Waals surface area contributed by atoms with Gasteiger partial charge in [0.1, 0.15) is 6.26 Å². The first kappa shape index (κ1) is 21.6. The fraction of sp³-hybridized carbons (Fsp3) is 0.320. The van der Waals surface area contributed by atoms with Crippen molar-refractivity contribution in [3.8, 4) is 11.5 Å². The molecule has 0 unspecified atom stereocenters. The Bertz CT molecular complexity index is 1060. The highest BCUT2D eigenvalue weighted by atomic mass is 16.3. The van der Waals surface area contributed by atoms with Crippen molar-refractivity contribution in [2.24, 2.45) is 10.9 Å². The van der Waals surface area contributed by atoms with E-state index in [4.69, 9.17) is 4.42 Å². The number of hydrogen-bond acceptors (Lipinski definition) is 4. The molecule has 2 aromatic carbocycles. The van der Waals surface area contributed by atoms with Crippen molar-refractivity contribution < 1.29 is 9.21 Å². The summed E-state index contributed by atoms with van der Waals surface area (Å²) < 4.78 is 5.60. The molecule has 0 radical (unpaired) electrons. The van der Waals surface area contributed by atoms with Gasteiger partial charge in [-0.15, -0.1) is 0 Å². The van der Waals surface area contributed by atoms with Crippen LogP contribution in [0.4, 0.5) is 5.69 Å². The van der Waals surface area contributed by atoms with Gasteiger partial charge in [0, 0.05) is 23.7 Å². The summed E-state index contributed by atoms with van der Waals surface area (Å²) >= 11 is 0. The molecule has 4 rings (SSSR count). The highest BCUT2D eigenvalue weighted by molar-refractivity contribution is 5.93. The number of aromatic nitrogens is 1. The van der Waals surface area contributed by atoms with Crippen LogP contribution >= 0.6 is 0 Å². The van der Waals surface area contributed by atoms with Crippen LogP contribution in [-0.2, 0) is 17.9 Å². The smallest absolute Gasteiger partial charge is 0.227 e. The number of rotatable bonds is 8. The number of nitrogens with zero attached hydrogens (tertiary/aromatic N) is 2. The molecule has 1 heterocycles. The van der Waals surface area contributed by atoms with E-state index in [0.29, 0.717) is 24.9 Å². The van der Waals surface area contributed by atoms with E-state index >= 15 is 0 Å². The van der Waals surface area contributed by atoms with Crippen LogP contribution in [0.2, 0.25) is 0 Å². The van der Waals surface area contributed by atoms with Crippen molar-refractivity contribution >= 4 is 17.6 Å². The Morgan fingerprint density at radius 3 is 2.72 bits per heavy atom. The minimum Gasteiger partial charge on any atom is -0.444 e. The van der Waals surface area contributed by atoms with Crippen molar-refractivity contribution in [3.63, 3.8) is 0 Å². The van der Waals surface area contributed by atoms with Crippen LogP contribution in [0.25, 0.3) is 11.5 Å². The topological polar surface area (TPSA) is 91.5 Å². The molecule has 0 bridgehead atoms. The minimum atomic E-state index is 0.120. The Hall–Kier alpha value is -3.61. The Kier molecular flexibility index (Phi) is 7.17. The molecule has 0 saturated heterocycles. The van der Waals surface area contributed by atoms with Gasteiger partial charge >= 0.3 is 0 Å². The molecular formula is C25H29N5O2. The van der Waals surface area contributed by atoms with Gasteiger partial charge in [-0.2, -0.15) is 0 Å². The maximum absolute atomic E-state index is 12.2. The molecular weight excluding hydrogens is 402 g/mol. The van der Waals surface area contributed by atoms with E-state index in [2.05, 4.69) is 25.9 Å². The van der Waals surface area contributed by atoms with Crippen molar-refractivity contribution in [2.75, 3.05) is 11.9 Å². The number of benzene rings is 2. The van der Waals surface area contributed by atoms with Crippen LogP contribution in [0.1, 0.15) is 37.4 Å². The third-order valence-corrected chi connectivity index (χ3v) is 5.44. The summed E-state index contributed by atoms with van der Waals surface area (Å²) in [5, 5.41) is 9.57. The number of hydrogen-bond donors (Lipinski definition) is 3. The van der Waals surface area contributed by atoms with Crippen LogP contribution in [0.3, 0.4) is 0 Å². The lowest BCUT2D eigenvalue weighted by Crippen LogP contribution is -2.36. The van der Waals surface area contributed by atoms with Gasteiger partial charge in [-0.3, -0.25) is 4.79 Å². The molecule has 32 heavy (non-hydrogen) atoms. The van der Waals surface area contributed by atoms with Gasteiger partial charge in [-0.1, -0.05) is 36.8 Å². The molecule has 1 amide bonds. The number of anilines is 1. The Balaban J connectivity index is 1.34. The van der Waals surface area contributed by atoms with Crippen molar-refractivity contribution in [1.29, 1.82) is 0 Å². The zero-order chi connectivity index (χ0) is 22.2. The quantitative estimate of drug-likeness (QED) is 0.365. The molecule has 166 valence electrons. The minimum absolute atomic E-state index is 0.120. The van der Waals surface area contributed by atoms with Gasteiger partial charge in [0.05, 0.1) is 18.8 Å². The summed E-state index contributed by atoms with van der Waals surface area (Å²) in [6.45, 7) is 3.77. The predicted molar refractivity (Wildman–Crippen MR) is 126 cm³/mol. The van der Waals surface area contributed by atoms with Crippen molar-refractivity contribution in [1.82, 2.24) is 15.6 Å². The maximum atomic E-state index is 12.2. The molecule has 0 atom stereocenters. The normalized spacial score (nSPS) is 14.0. The summed E-state index contributed by atoms with van der Waals surface area (Å²) in [5.41, 5.74) is 3.60. The first-order valence-electron chi connectivity index (χ1n) is 11.1. The van der Waals surface area contributed by atoms with E-state index in [1.54, 1.807) is 6.26 Å². The van der Waals surface area contributed by atoms with Gasteiger partial charge in [0.15, 0.2) is 5.96 Å². The van der Waals surface area contributed by atoms with Gasteiger partial charge in [0.25, 0.3) is 0 Å². The number of aliphatic imine (C=N–C) groups is 1. The molecule has 7 nitrogen and oxygen atoms in total. The molecule has 0 aliphatic heterocycles. The monoisotopic (exact) mass is 431 g/mol. The number of oxazole rings is 1. The summed E-state index contributed by atoms with van der Waals surface area (Å²) in [6, 6.07) is 17.7. The Labute approximate surface area is 188 Å². The van der Waals surface area contributed by atoms with E-state index in [9.17, 15) is 4.79 Å². The highest BCUT2D eigenvalue weighted by Crippen LogP contribution is 2.27. The molecule has 3 N–H and O–H groups in total. The second-order valence-corrected chi connectivity index (χ2v) is 7.88. The van der Waals surface area contributed by atoms with Gasteiger partial charge < -0.3 is 20.4 Å². The first-order valence-corrected chi connectivity index (χ1v) is 11.1. The molecule has 7 heteroatoms. The van der Waals surface area contributed by atoms with Crippen LogP contribution in [0.15, 0.2) is 70.3 Å². The maximum Gasteiger partial charge on any atom is 0.227 e. The second kappa shape index (κ2) is 10.6. The van der Waals surface area contributed by atoms with Crippen molar-refractivity contribution in [3.05, 3.63) is 72.1 Å². The predicted octanol–water partition coefficient (Wildman–Crippen LogP) is 4.34. The number of carbonyl (C=O) groups excluding carboxylic acids is 1. The standard InChI is InChI=1S/C25H29N5O2/c1-2-26-25(28-16-22-17-32-24(30-22)20-9-4-3-5-10-20)27-15-18-8-6-13-21(14-18)29-23(31)19-11-7-12-19/h3-6,8-10,13-14,17,19H,2,7,11-12,15-16H2,1H3,(H,29,31)(H2,26,27,28). The molecule has 1 saturated carbocycles. The second-order valence-electron chi connectivity index (χ2n) is 7.88. The van der Waals surface area contributed by atoms with Gasteiger partial charge in [-0.25, -0.2) is 9.98 Å². The van der Waals surface area contributed by atoms with Crippen LogP contribution in [-0.4, -0.2) is 23.4 Å². The van der Waals surface area contributed by atoms with Gasteiger partial charge in [0.2, 0.25) is 11.8 Å². The molecule has 1 aromatic heterocycles. The third kappa shape index (κ3) is 5.75. The molecule has 3 aromatic rings. The summed E-state index contributed by atoms with van der Waals surface area (Å²) in [4.78, 5) is 21.4. The molecule has 0 spiro atoms. The lowest BCUT2D eigenvalue weighted by Gasteiger charge is -2.24. The van der Waals surface area contributed by atoms with Crippen LogP contribution < -0.4 is 16.0 Å². The fourth-order valence-corrected chi connectivity index (χ4v) is 3.45. The number of amides is 1. The third-order valence-electron chi connectivity index (χ3n) is 5.44. The van der Waals surface area contributed by atoms with Crippen LogP contribution in [0, 0.1) is 5.92 Å². The van der Waals surface area contributed by atoms with Gasteiger partial charge in [-0.05, 0) is 49.6 Å². The lowest BCUT2D eigenvalue weighted by molar-refractivity contribution is -0.122. The molecule has 1 aliphatic carbocycles. The number of carbonyl (C=O) groups is 1.